The molecule has 2 aliphatic rings. The Morgan fingerprint density at radius 1 is 1.08 bits per heavy atom. The molecule has 0 unspecified atom stereocenters. The lowest BCUT2D eigenvalue weighted by Gasteiger charge is -2.26. The highest BCUT2D eigenvalue weighted by Gasteiger charge is 2.30. The average molecular weight is 557 g/mol. The van der Waals surface area contributed by atoms with Gasteiger partial charge in [-0.25, -0.2) is 8.42 Å². The van der Waals surface area contributed by atoms with Gasteiger partial charge < -0.3 is 10.2 Å². The summed E-state index contributed by atoms with van der Waals surface area (Å²) >= 11 is 6.50. The van der Waals surface area contributed by atoms with E-state index in [1.54, 1.807) is 30.6 Å². The van der Waals surface area contributed by atoms with Crippen LogP contribution in [-0.2, 0) is 36.1 Å². The number of pyridine rings is 1. The zero-order valence-electron chi connectivity index (χ0n) is 21.6. The number of likely N-dealkylation sites (tertiary alicyclic amines) is 1. The Balaban J connectivity index is 1.40. The van der Waals surface area contributed by atoms with Gasteiger partial charge >= 0.3 is 0 Å². The lowest BCUT2D eigenvalue weighted by Crippen LogP contribution is -2.35. The molecule has 0 spiro atoms. The third kappa shape index (κ3) is 6.09. The van der Waals surface area contributed by atoms with Gasteiger partial charge in [0.25, 0.3) is 5.91 Å². The van der Waals surface area contributed by atoms with Gasteiger partial charge in [0.05, 0.1) is 11.9 Å². The summed E-state index contributed by atoms with van der Waals surface area (Å²) in [6, 6.07) is 8.96. The highest BCUT2D eigenvalue weighted by Crippen LogP contribution is 2.33. The van der Waals surface area contributed by atoms with Gasteiger partial charge in [0.15, 0.2) is 0 Å². The number of aromatic nitrogens is 3. The molecule has 202 valence electrons. The molecule has 5 rings (SSSR count). The van der Waals surface area contributed by atoms with Crippen molar-refractivity contribution in [1.82, 2.24) is 29.3 Å². The smallest absolute Gasteiger partial charge is 0.251 e. The van der Waals surface area contributed by atoms with Gasteiger partial charge in [-0.2, -0.15) is 9.40 Å². The van der Waals surface area contributed by atoms with Crippen LogP contribution in [-0.4, -0.2) is 70.7 Å². The van der Waals surface area contributed by atoms with E-state index in [0.29, 0.717) is 30.1 Å². The van der Waals surface area contributed by atoms with Gasteiger partial charge in [-0.1, -0.05) is 17.7 Å². The number of fused-ring (bicyclic) bond motifs is 1. The van der Waals surface area contributed by atoms with E-state index in [0.717, 1.165) is 60.7 Å². The normalized spacial score (nSPS) is 16.5. The first-order valence-electron chi connectivity index (χ1n) is 13.0. The summed E-state index contributed by atoms with van der Waals surface area (Å²) < 4.78 is 28.3. The Labute approximate surface area is 228 Å². The third-order valence-electron chi connectivity index (χ3n) is 7.31. The monoisotopic (exact) mass is 556 g/mol. The lowest BCUT2D eigenvalue weighted by molar-refractivity contribution is 0.0951. The minimum Gasteiger partial charge on any atom is -0.348 e. The minimum absolute atomic E-state index is 0.211. The number of nitrogens with one attached hydrogen (secondary N) is 1. The molecule has 2 aliphatic heterocycles. The van der Waals surface area contributed by atoms with E-state index >= 15 is 0 Å². The molecule has 4 heterocycles. The molecule has 0 aliphatic carbocycles. The minimum atomic E-state index is -3.33. The number of sulfonamides is 1. The number of aryl methyl sites for hydroxylation is 1. The number of carbonyl (C=O) groups is 1. The van der Waals surface area contributed by atoms with Crippen molar-refractivity contribution in [1.29, 1.82) is 0 Å². The molecule has 0 saturated carbocycles. The molecule has 1 fully saturated rings. The molecule has 1 amide bonds. The summed E-state index contributed by atoms with van der Waals surface area (Å²) in [5, 5.41) is 8.45. The van der Waals surface area contributed by atoms with Crippen molar-refractivity contribution in [2.45, 2.75) is 45.3 Å². The molecule has 0 bridgehead atoms. The first-order valence-corrected chi connectivity index (χ1v) is 15.3. The quantitative estimate of drug-likeness (QED) is 0.434. The van der Waals surface area contributed by atoms with Gasteiger partial charge in [0.1, 0.15) is 0 Å². The maximum absolute atomic E-state index is 12.5. The fourth-order valence-corrected chi connectivity index (χ4v) is 6.23. The summed E-state index contributed by atoms with van der Waals surface area (Å²) in [5.41, 5.74) is 4.95. The highest BCUT2D eigenvalue weighted by atomic mass is 35.5. The van der Waals surface area contributed by atoms with Crippen molar-refractivity contribution in [3.63, 3.8) is 0 Å². The predicted octanol–water partition coefficient (Wildman–Crippen LogP) is 3.33. The number of hydrogen-bond acceptors (Lipinski definition) is 6. The SMILES string of the molecule is CS(=O)(=O)N1CCc2c(c(-c3ccc(Cl)c(CNC(=O)c4ccncc4)c3)nn2CCCN2CCCC2)C1. The van der Waals surface area contributed by atoms with Crippen LogP contribution in [0.5, 0.6) is 0 Å². The second-order valence-electron chi connectivity index (χ2n) is 9.97. The zero-order valence-corrected chi connectivity index (χ0v) is 23.1. The molecular weight excluding hydrogens is 524 g/mol. The van der Waals surface area contributed by atoms with Gasteiger partial charge in [-0.3, -0.25) is 14.5 Å². The number of hydrogen-bond donors (Lipinski definition) is 1. The van der Waals surface area contributed by atoms with Crippen molar-refractivity contribution in [2.24, 2.45) is 0 Å². The van der Waals surface area contributed by atoms with Gasteiger partial charge in [-0.05, 0) is 68.7 Å². The largest absolute Gasteiger partial charge is 0.348 e. The van der Waals surface area contributed by atoms with Crippen molar-refractivity contribution in [2.75, 3.05) is 32.4 Å². The van der Waals surface area contributed by atoms with E-state index in [4.69, 9.17) is 16.7 Å². The first-order chi connectivity index (χ1) is 18.3. The van der Waals surface area contributed by atoms with Crippen LogP contribution in [0.4, 0.5) is 0 Å². The molecule has 3 aromatic rings. The summed E-state index contributed by atoms with van der Waals surface area (Å²) in [4.78, 5) is 19.0. The van der Waals surface area contributed by atoms with Crippen LogP contribution in [0.2, 0.25) is 5.02 Å². The van der Waals surface area contributed by atoms with Crippen LogP contribution < -0.4 is 5.32 Å². The first kappa shape index (κ1) is 26.8. The second-order valence-corrected chi connectivity index (χ2v) is 12.4. The second kappa shape index (κ2) is 11.5. The van der Waals surface area contributed by atoms with Crippen LogP contribution in [0.3, 0.4) is 0 Å². The molecule has 1 aromatic carbocycles. The Hall–Kier alpha value is -2.79. The highest BCUT2D eigenvalue weighted by molar-refractivity contribution is 7.88. The van der Waals surface area contributed by atoms with E-state index in [2.05, 4.69) is 19.9 Å². The zero-order chi connectivity index (χ0) is 26.7. The van der Waals surface area contributed by atoms with Crippen LogP contribution in [0.1, 0.15) is 46.4 Å². The van der Waals surface area contributed by atoms with Crippen LogP contribution in [0.15, 0.2) is 42.7 Å². The van der Waals surface area contributed by atoms with Gasteiger partial charge in [0.2, 0.25) is 10.0 Å². The summed E-state index contributed by atoms with van der Waals surface area (Å²) in [6.07, 6.45) is 8.57. The number of carbonyl (C=O) groups excluding carboxylic acids is 1. The van der Waals surface area contributed by atoms with Gasteiger partial charge in [0, 0.05) is 72.4 Å². The number of halogens is 1. The topological polar surface area (TPSA) is 100 Å². The molecule has 1 saturated heterocycles. The molecule has 0 atom stereocenters. The third-order valence-corrected chi connectivity index (χ3v) is 8.93. The molecule has 11 heteroatoms. The number of nitrogens with zero attached hydrogens (tertiary/aromatic N) is 5. The van der Waals surface area contributed by atoms with E-state index in [9.17, 15) is 13.2 Å². The number of amides is 1. The molecule has 0 radical (unpaired) electrons. The van der Waals surface area contributed by atoms with Crippen LogP contribution >= 0.6 is 11.6 Å². The van der Waals surface area contributed by atoms with E-state index in [1.807, 2.05) is 12.1 Å². The molecule has 2 aromatic heterocycles. The molecular formula is C27H33ClN6O3S. The Morgan fingerprint density at radius 3 is 2.58 bits per heavy atom. The number of rotatable bonds is 9. The average Bonchev–Trinajstić information content (AvgIpc) is 3.56. The maximum Gasteiger partial charge on any atom is 0.251 e. The Kier molecular flexibility index (Phi) is 8.13. The lowest BCUT2D eigenvalue weighted by atomic mass is 10.0. The molecule has 9 nitrogen and oxygen atoms in total. The maximum atomic E-state index is 12.5. The van der Waals surface area contributed by atoms with E-state index in [-0.39, 0.29) is 12.5 Å². The predicted molar refractivity (Wildman–Crippen MR) is 147 cm³/mol. The summed E-state index contributed by atoms with van der Waals surface area (Å²) in [6.45, 7) is 5.17. The Bertz CT molecular complexity index is 1400. The van der Waals surface area contributed by atoms with Crippen LogP contribution in [0, 0.1) is 0 Å². The molecule has 38 heavy (non-hydrogen) atoms. The Morgan fingerprint density at radius 2 is 1.84 bits per heavy atom. The fourth-order valence-electron chi connectivity index (χ4n) is 5.25. The number of benzene rings is 1. The van der Waals surface area contributed by atoms with Gasteiger partial charge in [-0.15, -0.1) is 0 Å². The fraction of sp³-hybridized carbons (Fsp3) is 0.444. The van der Waals surface area contributed by atoms with E-state index < -0.39 is 10.0 Å². The summed E-state index contributed by atoms with van der Waals surface area (Å²) in [5.74, 6) is -0.211. The summed E-state index contributed by atoms with van der Waals surface area (Å²) in [7, 11) is -3.33. The van der Waals surface area contributed by atoms with Crippen molar-refractivity contribution in [3.8, 4) is 11.3 Å². The molecule has 1 N–H and O–H groups in total. The van der Waals surface area contributed by atoms with Crippen molar-refractivity contribution >= 4 is 27.5 Å². The standard InChI is InChI=1S/C27H33ClN6O3S/c1-38(36,37)33-16-9-25-23(19-33)26(31-34(25)15-4-14-32-12-2-3-13-32)21-5-6-24(28)22(17-21)18-30-27(35)20-7-10-29-11-8-20/h5-8,10-11,17H,2-4,9,12-16,18-19H2,1H3,(H,30,35). The van der Waals surface area contributed by atoms with Crippen molar-refractivity contribution < 1.29 is 13.2 Å². The van der Waals surface area contributed by atoms with Crippen molar-refractivity contribution in [3.05, 3.63) is 70.1 Å². The van der Waals surface area contributed by atoms with Crippen LogP contribution in [0.25, 0.3) is 11.3 Å². The van der Waals surface area contributed by atoms with E-state index in [1.165, 1.54) is 23.4 Å².